The fraction of sp³-hybridized carbons (Fsp3) is 0.133. The fourth-order valence-electron chi connectivity index (χ4n) is 1.62. The van der Waals surface area contributed by atoms with E-state index in [2.05, 4.69) is 16.0 Å². The molecule has 0 unspecified atom stereocenters. The highest BCUT2D eigenvalue weighted by Crippen LogP contribution is 2.14. The Morgan fingerprint density at radius 2 is 1.73 bits per heavy atom. The molecule has 0 atom stereocenters. The van der Waals surface area contributed by atoms with Gasteiger partial charge in [-0.05, 0) is 47.9 Å². The molecule has 7 heteroatoms. The maximum absolute atomic E-state index is 11.8. The minimum Gasteiger partial charge on any atom is -0.332 e. The normalized spacial score (nSPS) is 9.86. The lowest BCUT2D eigenvalue weighted by atomic mass is 10.2. The highest BCUT2D eigenvalue weighted by atomic mass is 32.1. The number of nitrogens with one attached hydrogen (secondary N) is 3. The molecule has 0 saturated carbocycles. The van der Waals surface area contributed by atoms with Crippen LogP contribution in [0.3, 0.4) is 0 Å². The van der Waals surface area contributed by atoms with Crippen molar-refractivity contribution in [3.05, 3.63) is 46.7 Å². The molecule has 0 aliphatic heterocycles. The van der Waals surface area contributed by atoms with Gasteiger partial charge in [0, 0.05) is 17.8 Å². The molecule has 22 heavy (non-hydrogen) atoms. The molecule has 1 aromatic heterocycles. The second-order valence-corrected chi connectivity index (χ2v) is 5.72. The number of thiophene rings is 1. The Morgan fingerprint density at radius 3 is 2.27 bits per heavy atom. The Hall–Kier alpha value is -2.25. The van der Waals surface area contributed by atoms with Gasteiger partial charge in [-0.25, -0.2) is 0 Å². The lowest BCUT2D eigenvalue weighted by Crippen LogP contribution is -2.33. The Kier molecular flexibility index (Phi) is 5.62. The van der Waals surface area contributed by atoms with Crippen LogP contribution in [0, 0.1) is 0 Å². The lowest BCUT2D eigenvalue weighted by molar-refractivity contribution is -0.115. The topological polar surface area (TPSA) is 70.2 Å². The lowest BCUT2D eigenvalue weighted by Gasteiger charge is -2.10. The molecule has 0 fully saturated rings. The smallest absolute Gasteiger partial charge is 0.267 e. The molecular weight excluding hydrogens is 318 g/mol. The van der Waals surface area contributed by atoms with Crippen molar-refractivity contribution in [3.8, 4) is 0 Å². The van der Waals surface area contributed by atoms with E-state index < -0.39 is 0 Å². The number of anilines is 2. The van der Waals surface area contributed by atoms with E-state index in [0.29, 0.717) is 17.0 Å². The summed E-state index contributed by atoms with van der Waals surface area (Å²) in [6.45, 7) is 1.79. The van der Waals surface area contributed by atoms with E-state index in [1.807, 2.05) is 5.38 Å². The van der Waals surface area contributed by atoms with Crippen LogP contribution in [0.5, 0.6) is 0 Å². The molecule has 2 aromatic rings. The van der Waals surface area contributed by atoms with Crippen LogP contribution < -0.4 is 16.0 Å². The number of thiocarbonyl (C=S) groups is 1. The van der Waals surface area contributed by atoms with E-state index in [9.17, 15) is 9.59 Å². The monoisotopic (exact) mass is 333 g/mol. The summed E-state index contributed by atoms with van der Waals surface area (Å²) in [6, 6.07) is 10.6. The van der Waals surface area contributed by atoms with E-state index in [-0.39, 0.29) is 16.9 Å². The maximum Gasteiger partial charge on any atom is 0.267 e. The zero-order valence-electron chi connectivity index (χ0n) is 11.9. The van der Waals surface area contributed by atoms with Crippen molar-refractivity contribution in [1.29, 1.82) is 0 Å². The fourth-order valence-corrected chi connectivity index (χ4v) is 2.45. The molecule has 0 spiro atoms. The molecule has 0 aliphatic carbocycles. The highest BCUT2D eigenvalue weighted by Gasteiger charge is 2.08. The third-order valence-corrected chi connectivity index (χ3v) is 3.79. The molecule has 0 bridgehead atoms. The summed E-state index contributed by atoms with van der Waals surface area (Å²) in [4.78, 5) is 23.7. The molecule has 0 aliphatic rings. The van der Waals surface area contributed by atoms with Crippen LogP contribution >= 0.6 is 23.6 Å². The molecule has 0 radical (unpaired) electrons. The van der Waals surface area contributed by atoms with Crippen LogP contribution in [-0.4, -0.2) is 16.9 Å². The van der Waals surface area contributed by atoms with Gasteiger partial charge in [-0.3, -0.25) is 14.9 Å². The van der Waals surface area contributed by atoms with Gasteiger partial charge in [0.25, 0.3) is 5.91 Å². The van der Waals surface area contributed by atoms with Gasteiger partial charge in [-0.15, -0.1) is 11.3 Å². The zero-order chi connectivity index (χ0) is 15.9. The van der Waals surface area contributed by atoms with Gasteiger partial charge in [-0.2, -0.15) is 0 Å². The van der Waals surface area contributed by atoms with Gasteiger partial charge >= 0.3 is 0 Å². The molecule has 2 rings (SSSR count). The van der Waals surface area contributed by atoms with Crippen molar-refractivity contribution in [2.45, 2.75) is 13.3 Å². The van der Waals surface area contributed by atoms with Gasteiger partial charge in [-0.1, -0.05) is 13.0 Å². The Bertz CT molecular complexity index is 667. The van der Waals surface area contributed by atoms with Crippen LogP contribution in [0.4, 0.5) is 11.4 Å². The molecular formula is C15H15N3O2S2. The van der Waals surface area contributed by atoms with Gasteiger partial charge < -0.3 is 10.6 Å². The first-order valence-electron chi connectivity index (χ1n) is 6.64. The molecule has 2 amide bonds. The number of carbonyl (C=O) groups is 2. The predicted octanol–water partition coefficient (Wildman–Crippen LogP) is 3.22. The molecule has 1 aromatic carbocycles. The number of carbonyl (C=O) groups excluding carboxylic acids is 2. The molecule has 1 heterocycles. The number of hydrogen-bond acceptors (Lipinski definition) is 4. The summed E-state index contributed by atoms with van der Waals surface area (Å²) < 4.78 is 0. The van der Waals surface area contributed by atoms with Crippen molar-refractivity contribution < 1.29 is 9.59 Å². The Balaban J connectivity index is 1.89. The van der Waals surface area contributed by atoms with E-state index in [0.717, 1.165) is 5.69 Å². The maximum atomic E-state index is 11.8. The second-order valence-electron chi connectivity index (χ2n) is 4.36. The number of amides is 2. The third-order valence-electron chi connectivity index (χ3n) is 2.72. The summed E-state index contributed by atoms with van der Waals surface area (Å²) in [7, 11) is 0. The average Bonchev–Trinajstić information content (AvgIpc) is 3.03. The van der Waals surface area contributed by atoms with Gasteiger partial charge in [0.2, 0.25) is 5.91 Å². The van der Waals surface area contributed by atoms with E-state index in [1.54, 1.807) is 43.3 Å². The quantitative estimate of drug-likeness (QED) is 0.751. The van der Waals surface area contributed by atoms with Crippen LogP contribution in [0.2, 0.25) is 0 Å². The second kappa shape index (κ2) is 7.67. The molecule has 5 nitrogen and oxygen atoms in total. The van der Waals surface area contributed by atoms with Crippen molar-refractivity contribution in [2.24, 2.45) is 0 Å². The minimum atomic E-state index is -0.237. The number of rotatable bonds is 4. The molecule has 114 valence electrons. The number of benzene rings is 1. The number of hydrogen-bond donors (Lipinski definition) is 3. The summed E-state index contributed by atoms with van der Waals surface area (Å²) >= 11 is 6.45. The minimum absolute atomic E-state index is 0.0422. The largest absolute Gasteiger partial charge is 0.332 e. The summed E-state index contributed by atoms with van der Waals surface area (Å²) in [5.74, 6) is -0.279. The van der Waals surface area contributed by atoms with Gasteiger partial charge in [0.1, 0.15) is 0 Å². The van der Waals surface area contributed by atoms with Crippen molar-refractivity contribution >= 4 is 51.9 Å². The highest BCUT2D eigenvalue weighted by molar-refractivity contribution is 7.80. The van der Waals surface area contributed by atoms with Crippen LogP contribution in [0.1, 0.15) is 23.0 Å². The standard InChI is InChI=1S/C15H15N3O2S2/c1-2-13(19)16-10-5-7-11(8-6-10)17-15(21)18-14(20)12-4-3-9-22-12/h3-9H,2H2,1H3,(H,16,19)(H2,17,18,20,21). The van der Waals surface area contributed by atoms with E-state index >= 15 is 0 Å². The molecule has 3 N–H and O–H groups in total. The Morgan fingerprint density at radius 1 is 1.09 bits per heavy atom. The van der Waals surface area contributed by atoms with Crippen molar-refractivity contribution in [3.63, 3.8) is 0 Å². The van der Waals surface area contributed by atoms with Crippen LogP contribution in [0.25, 0.3) is 0 Å². The first kappa shape index (κ1) is 16.1. The SMILES string of the molecule is CCC(=O)Nc1ccc(NC(=S)NC(=O)c2cccs2)cc1. The van der Waals surface area contributed by atoms with E-state index in [4.69, 9.17) is 12.2 Å². The summed E-state index contributed by atoms with van der Waals surface area (Å²) in [5, 5.41) is 10.3. The molecule has 0 saturated heterocycles. The van der Waals surface area contributed by atoms with Gasteiger partial charge in [0.15, 0.2) is 5.11 Å². The zero-order valence-corrected chi connectivity index (χ0v) is 13.5. The predicted molar refractivity (Wildman–Crippen MR) is 93.4 cm³/mol. The van der Waals surface area contributed by atoms with Crippen molar-refractivity contribution in [2.75, 3.05) is 10.6 Å². The first-order valence-corrected chi connectivity index (χ1v) is 7.93. The van der Waals surface area contributed by atoms with Crippen LogP contribution in [-0.2, 0) is 4.79 Å². The van der Waals surface area contributed by atoms with E-state index in [1.165, 1.54) is 11.3 Å². The third kappa shape index (κ3) is 4.64. The summed E-state index contributed by atoms with van der Waals surface area (Å²) in [6.07, 6.45) is 0.429. The van der Waals surface area contributed by atoms with Crippen molar-refractivity contribution in [1.82, 2.24) is 5.32 Å². The average molecular weight is 333 g/mol. The summed E-state index contributed by atoms with van der Waals surface area (Å²) in [5.41, 5.74) is 1.44. The first-order chi connectivity index (χ1) is 10.6. The van der Waals surface area contributed by atoms with Crippen LogP contribution in [0.15, 0.2) is 41.8 Å². The Labute approximate surface area is 137 Å². The van der Waals surface area contributed by atoms with Gasteiger partial charge in [0.05, 0.1) is 4.88 Å².